The second-order valence-corrected chi connectivity index (χ2v) is 7.31. The highest BCUT2D eigenvalue weighted by Crippen LogP contribution is 2.38. The number of carbonyl (C=O) groups excluding carboxylic acids is 2. The minimum absolute atomic E-state index is 0.125. The predicted molar refractivity (Wildman–Crippen MR) is 114 cm³/mol. The summed E-state index contributed by atoms with van der Waals surface area (Å²) in [6, 6.07) is 8.23. The first-order valence-electron chi connectivity index (χ1n) is 9.88. The van der Waals surface area contributed by atoms with Crippen molar-refractivity contribution >= 4 is 11.9 Å². The number of urea groups is 1. The van der Waals surface area contributed by atoms with E-state index in [0.29, 0.717) is 48.0 Å². The summed E-state index contributed by atoms with van der Waals surface area (Å²) in [5.41, 5.74) is 2.86. The van der Waals surface area contributed by atoms with E-state index in [1.54, 1.807) is 60.7 Å². The van der Waals surface area contributed by atoms with Gasteiger partial charge in [-0.1, -0.05) is 12.1 Å². The summed E-state index contributed by atoms with van der Waals surface area (Å²) in [6.07, 6.45) is 5.08. The average molecular weight is 420 g/mol. The van der Waals surface area contributed by atoms with Crippen molar-refractivity contribution in [2.24, 2.45) is 0 Å². The second kappa shape index (κ2) is 8.51. The Balaban J connectivity index is 1.75. The summed E-state index contributed by atoms with van der Waals surface area (Å²) in [4.78, 5) is 33.8. The molecule has 1 atom stereocenters. The Labute approximate surface area is 180 Å². The molecule has 2 aliphatic rings. The van der Waals surface area contributed by atoms with Crippen LogP contribution in [0.5, 0.6) is 11.5 Å². The van der Waals surface area contributed by atoms with Crippen molar-refractivity contribution in [2.45, 2.75) is 12.6 Å². The lowest BCUT2D eigenvalue weighted by atomic mass is 9.95. The van der Waals surface area contributed by atoms with Gasteiger partial charge in [-0.2, -0.15) is 0 Å². The number of benzene rings is 1. The zero-order valence-corrected chi connectivity index (χ0v) is 17.5. The van der Waals surface area contributed by atoms with Crippen LogP contribution >= 0.6 is 0 Å². The molecule has 1 N–H and O–H groups in total. The van der Waals surface area contributed by atoms with E-state index in [1.807, 2.05) is 12.1 Å². The molecular weight excluding hydrogens is 396 g/mol. The number of ether oxygens (including phenoxy) is 2. The van der Waals surface area contributed by atoms with Crippen LogP contribution in [0.1, 0.15) is 17.2 Å². The Kier molecular flexibility index (Phi) is 5.62. The van der Waals surface area contributed by atoms with E-state index < -0.39 is 6.04 Å². The summed E-state index contributed by atoms with van der Waals surface area (Å²) in [7, 11) is 3.12. The fourth-order valence-corrected chi connectivity index (χ4v) is 3.96. The van der Waals surface area contributed by atoms with Crippen LogP contribution in [0.25, 0.3) is 0 Å². The predicted octanol–water partition coefficient (Wildman–Crippen LogP) is 2.65. The van der Waals surface area contributed by atoms with Crippen molar-refractivity contribution in [3.63, 3.8) is 0 Å². The number of pyridine rings is 1. The lowest BCUT2D eigenvalue weighted by Gasteiger charge is -2.33. The average Bonchev–Trinajstić information content (AvgIpc) is 3.11. The SMILES string of the molecule is C=CCN1C(=O)N[C@@H](c2cc(OC)cc(OC)c2)C2=C1CN(Cc1cccnc1)C2=O. The van der Waals surface area contributed by atoms with Crippen molar-refractivity contribution < 1.29 is 19.1 Å². The highest BCUT2D eigenvalue weighted by Gasteiger charge is 2.43. The maximum absolute atomic E-state index is 13.5. The standard InChI is InChI=1S/C23H24N4O4/c1-4-8-27-19-14-26(13-15-6-5-7-24-12-15)22(28)20(19)21(25-23(27)29)16-9-17(30-2)11-18(10-16)31-3/h4-7,9-12,21H,1,8,13-14H2,2-3H3,(H,25,29)/t21-/m0/s1. The van der Waals surface area contributed by atoms with Crippen molar-refractivity contribution in [3.05, 3.63) is 77.8 Å². The monoisotopic (exact) mass is 420 g/mol. The summed E-state index contributed by atoms with van der Waals surface area (Å²) < 4.78 is 10.8. The van der Waals surface area contributed by atoms with Gasteiger partial charge < -0.3 is 19.7 Å². The van der Waals surface area contributed by atoms with Gasteiger partial charge in [-0.15, -0.1) is 6.58 Å². The molecule has 0 saturated carbocycles. The summed E-state index contributed by atoms with van der Waals surface area (Å²) in [6.45, 7) is 4.80. The molecule has 1 aromatic heterocycles. The van der Waals surface area contributed by atoms with Gasteiger partial charge in [0.05, 0.1) is 38.1 Å². The zero-order valence-electron chi connectivity index (χ0n) is 17.5. The van der Waals surface area contributed by atoms with Gasteiger partial charge in [0.25, 0.3) is 5.91 Å². The Morgan fingerprint density at radius 3 is 2.58 bits per heavy atom. The molecule has 0 fully saturated rings. The molecule has 0 unspecified atom stereocenters. The number of amides is 3. The number of nitrogens with one attached hydrogen (secondary N) is 1. The number of carbonyl (C=O) groups is 2. The summed E-state index contributed by atoms with van der Waals surface area (Å²) >= 11 is 0. The first-order chi connectivity index (χ1) is 15.0. The molecule has 4 rings (SSSR count). The fourth-order valence-electron chi connectivity index (χ4n) is 3.96. The van der Waals surface area contributed by atoms with Crippen LogP contribution in [-0.4, -0.2) is 54.0 Å². The molecule has 2 aromatic rings. The number of methoxy groups -OCH3 is 2. The molecule has 2 aliphatic heterocycles. The zero-order chi connectivity index (χ0) is 22.0. The van der Waals surface area contributed by atoms with Crippen LogP contribution in [0, 0.1) is 0 Å². The Hall–Kier alpha value is -3.81. The van der Waals surface area contributed by atoms with Crippen LogP contribution in [0.15, 0.2) is 66.7 Å². The third-order valence-electron chi connectivity index (χ3n) is 5.41. The van der Waals surface area contributed by atoms with Gasteiger partial charge in [0.1, 0.15) is 11.5 Å². The molecule has 0 radical (unpaired) electrons. The minimum atomic E-state index is -0.612. The van der Waals surface area contributed by atoms with E-state index in [2.05, 4.69) is 16.9 Å². The summed E-state index contributed by atoms with van der Waals surface area (Å²) in [5, 5.41) is 2.97. The molecule has 8 nitrogen and oxygen atoms in total. The van der Waals surface area contributed by atoms with E-state index in [9.17, 15) is 9.59 Å². The van der Waals surface area contributed by atoms with Gasteiger partial charge in [0, 0.05) is 31.5 Å². The Bertz CT molecular complexity index is 1030. The highest BCUT2D eigenvalue weighted by molar-refractivity contribution is 6.01. The maximum Gasteiger partial charge on any atom is 0.322 e. The quantitative estimate of drug-likeness (QED) is 0.697. The Morgan fingerprint density at radius 2 is 1.97 bits per heavy atom. The topological polar surface area (TPSA) is 84.0 Å². The minimum Gasteiger partial charge on any atom is -0.497 e. The Morgan fingerprint density at radius 1 is 1.23 bits per heavy atom. The highest BCUT2D eigenvalue weighted by atomic mass is 16.5. The van der Waals surface area contributed by atoms with E-state index in [1.165, 1.54) is 0 Å². The first-order valence-corrected chi connectivity index (χ1v) is 9.88. The van der Waals surface area contributed by atoms with Gasteiger partial charge in [0.15, 0.2) is 0 Å². The molecule has 0 saturated heterocycles. The molecule has 1 aromatic carbocycles. The van der Waals surface area contributed by atoms with Crippen LogP contribution < -0.4 is 14.8 Å². The van der Waals surface area contributed by atoms with Crippen molar-refractivity contribution in [3.8, 4) is 11.5 Å². The molecular formula is C23H24N4O4. The van der Waals surface area contributed by atoms with Crippen LogP contribution in [0.2, 0.25) is 0 Å². The van der Waals surface area contributed by atoms with Gasteiger partial charge in [-0.3, -0.25) is 14.7 Å². The van der Waals surface area contributed by atoms with Crippen molar-refractivity contribution in [1.29, 1.82) is 0 Å². The molecule has 3 amide bonds. The molecule has 0 aliphatic carbocycles. The largest absolute Gasteiger partial charge is 0.497 e. The van der Waals surface area contributed by atoms with E-state index in [-0.39, 0.29) is 11.9 Å². The van der Waals surface area contributed by atoms with Gasteiger partial charge in [-0.25, -0.2) is 4.79 Å². The van der Waals surface area contributed by atoms with Crippen LogP contribution in [0.4, 0.5) is 4.79 Å². The van der Waals surface area contributed by atoms with E-state index in [0.717, 1.165) is 5.56 Å². The number of rotatable bonds is 7. The third kappa shape index (κ3) is 3.84. The lowest BCUT2D eigenvalue weighted by Crippen LogP contribution is -2.47. The lowest BCUT2D eigenvalue weighted by molar-refractivity contribution is -0.126. The van der Waals surface area contributed by atoms with Crippen LogP contribution in [-0.2, 0) is 11.3 Å². The third-order valence-corrected chi connectivity index (χ3v) is 5.41. The van der Waals surface area contributed by atoms with Crippen molar-refractivity contribution in [1.82, 2.24) is 20.1 Å². The van der Waals surface area contributed by atoms with Gasteiger partial charge in [-0.05, 0) is 29.3 Å². The van der Waals surface area contributed by atoms with Crippen LogP contribution in [0.3, 0.4) is 0 Å². The number of aromatic nitrogens is 1. The molecule has 160 valence electrons. The molecule has 31 heavy (non-hydrogen) atoms. The number of hydrogen-bond acceptors (Lipinski definition) is 5. The fraction of sp³-hybridized carbons (Fsp3) is 0.261. The smallest absolute Gasteiger partial charge is 0.322 e. The maximum atomic E-state index is 13.5. The number of hydrogen-bond donors (Lipinski definition) is 1. The molecule has 8 heteroatoms. The van der Waals surface area contributed by atoms with Gasteiger partial charge in [0.2, 0.25) is 0 Å². The molecule has 0 bridgehead atoms. The second-order valence-electron chi connectivity index (χ2n) is 7.31. The van der Waals surface area contributed by atoms with E-state index in [4.69, 9.17) is 9.47 Å². The summed E-state index contributed by atoms with van der Waals surface area (Å²) in [5.74, 6) is 1.04. The normalized spacial score (nSPS) is 18.1. The number of nitrogens with zero attached hydrogens (tertiary/aromatic N) is 3. The van der Waals surface area contributed by atoms with Gasteiger partial charge >= 0.3 is 6.03 Å². The molecule has 0 spiro atoms. The van der Waals surface area contributed by atoms with E-state index >= 15 is 0 Å². The molecule has 3 heterocycles. The van der Waals surface area contributed by atoms with Crippen molar-refractivity contribution in [2.75, 3.05) is 27.3 Å². The first kappa shape index (κ1) is 20.5.